The Morgan fingerprint density at radius 3 is 2.75 bits per heavy atom. The van der Waals surface area contributed by atoms with Gasteiger partial charge in [0.05, 0.1) is 5.56 Å². The van der Waals surface area contributed by atoms with E-state index in [-0.39, 0.29) is 35.6 Å². The maximum Gasteiger partial charge on any atom is 0.374 e. The Balaban J connectivity index is 1.56. The Labute approximate surface area is 138 Å². The minimum atomic E-state index is -0.758. The van der Waals surface area contributed by atoms with E-state index in [2.05, 4.69) is 5.32 Å². The van der Waals surface area contributed by atoms with Crippen LogP contribution in [0.3, 0.4) is 0 Å². The molecule has 1 aromatic carbocycles. The number of carbonyl (C=O) groups excluding carboxylic acids is 2. The lowest BCUT2D eigenvalue weighted by Crippen LogP contribution is -2.37. The molecule has 0 unspecified atom stereocenters. The average molecular weight is 331 g/mol. The van der Waals surface area contributed by atoms with Crippen LogP contribution >= 0.6 is 0 Å². The van der Waals surface area contributed by atoms with Crippen LogP contribution in [-0.2, 0) is 9.53 Å². The van der Waals surface area contributed by atoms with Gasteiger partial charge in [0.1, 0.15) is 11.6 Å². The van der Waals surface area contributed by atoms with Crippen molar-refractivity contribution in [2.24, 2.45) is 5.92 Å². The number of hydrogen-bond donors (Lipinski definition) is 1. The summed E-state index contributed by atoms with van der Waals surface area (Å²) >= 11 is 0. The molecule has 1 saturated carbocycles. The molecule has 2 aromatic rings. The van der Waals surface area contributed by atoms with Crippen LogP contribution in [0.2, 0.25) is 0 Å². The molecule has 24 heavy (non-hydrogen) atoms. The maximum atomic E-state index is 13.7. The van der Waals surface area contributed by atoms with Crippen molar-refractivity contribution in [3.63, 3.8) is 0 Å². The van der Waals surface area contributed by atoms with Gasteiger partial charge in [0, 0.05) is 6.04 Å². The maximum absolute atomic E-state index is 13.7. The molecule has 1 heterocycles. The number of hydrogen-bond acceptors (Lipinski definition) is 4. The number of halogens is 1. The summed E-state index contributed by atoms with van der Waals surface area (Å²) in [5.74, 6) is -0.864. The molecule has 1 N–H and O–H groups in total. The second-order valence-corrected chi connectivity index (χ2v) is 5.91. The van der Waals surface area contributed by atoms with Crippen molar-refractivity contribution >= 4 is 11.9 Å². The van der Waals surface area contributed by atoms with Gasteiger partial charge in [-0.1, -0.05) is 12.1 Å². The van der Waals surface area contributed by atoms with Crippen molar-refractivity contribution < 1.29 is 23.1 Å². The molecule has 1 aromatic heterocycles. The molecule has 1 aliphatic rings. The van der Waals surface area contributed by atoms with Crippen molar-refractivity contribution in [3.8, 4) is 11.3 Å². The quantitative estimate of drug-likeness (QED) is 0.826. The predicted octanol–water partition coefficient (Wildman–Crippen LogP) is 3.16. The zero-order valence-corrected chi connectivity index (χ0v) is 13.3. The molecule has 6 heteroatoms. The van der Waals surface area contributed by atoms with Crippen LogP contribution < -0.4 is 5.32 Å². The molecule has 1 fully saturated rings. The van der Waals surface area contributed by atoms with Crippen molar-refractivity contribution in [1.29, 1.82) is 0 Å². The first-order valence-corrected chi connectivity index (χ1v) is 7.86. The van der Waals surface area contributed by atoms with Crippen LogP contribution in [0.1, 0.15) is 30.3 Å². The van der Waals surface area contributed by atoms with Gasteiger partial charge in [-0.3, -0.25) is 4.79 Å². The summed E-state index contributed by atoms with van der Waals surface area (Å²) in [6, 6.07) is 9.08. The molecule has 0 bridgehead atoms. The molecule has 0 spiro atoms. The fourth-order valence-corrected chi connectivity index (χ4v) is 2.47. The van der Waals surface area contributed by atoms with Crippen molar-refractivity contribution in [1.82, 2.24) is 5.32 Å². The molecule has 1 aliphatic carbocycles. The van der Waals surface area contributed by atoms with Gasteiger partial charge >= 0.3 is 5.97 Å². The van der Waals surface area contributed by atoms with E-state index in [1.54, 1.807) is 18.2 Å². The highest BCUT2D eigenvalue weighted by molar-refractivity contribution is 5.89. The van der Waals surface area contributed by atoms with Crippen molar-refractivity contribution in [3.05, 3.63) is 48.0 Å². The average Bonchev–Trinajstić information content (AvgIpc) is 3.31. The van der Waals surface area contributed by atoms with Crippen LogP contribution in [0.5, 0.6) is 0 Å². The standard InChI is InChI=1S/C18H18FNO4/c1-11(12-6-7-12)20-17(21)10-23-18(22)16-9-8-15(24-16)13-4-2-3-5-14(13)19/h2-5,8-9,11-12H,6-7,10H2,1H3,(H,20,21)/t11-/m0/s1. The summed E-state index contributed by atoms with van der Waals surface area (Å²) in [5, 5.41) is 2.79. The van der Waals surface area contributed by atoms with Crippen LogP contribution in [0.25, 0.3) is 11.3 Å². The summed E-state index contributed by atoms with van der Waals surface area (Å²) in [6.45, 7) is 1.57. The van der Waals surface area contributed by atoms with E-state index in [9.17, 15) is 14.0 Å². The van der Waals surface area contributed by atoms with Gasteiger partial charge in [-0.25, -0.2) is 9.18 Å². The number of amides is 1. The number of furan rings is 1. The van der Waals surface area contributed by atoms with E-state index in [0.717, 1.165) is 12.8 Å². The third-order valence-electron chi connectivity index (χ3n) is 4.00. The Hall–Kier alpha value is -2.63. The third kappa shape index (κ3) is 3.82. The second-order valence-electron chi connectivity index (χ2n) is 5.91. The van der Waals surface area contributed by atoms with Gasteiger partial charge in [0.15, 0.2) is 6.61 Å². The van der Waals surface area contributed by atoms with Gasteiger partial charge in [-0.15, -0.1) is 0 Å². The molecule has 126 valence electrons. The zero-order valence-electron chi connectivity index (χ0n) is 13.3. The molecule has 3 rings (SSSR count). The molecule has 5 nitrogen and oxygen atoms in total. The fraction of sp³-hybridized carbons (Fsp3) is 0.333. The van der Waals surface area contributed by atoms with Crippen LogP contribution in [0, 0.1) is 11.7 Å². The fourth-order valence-electron chi connectivity index (χ4n) is 2.47. The van der Waals surface area contributed by atoms with Crippen molar-refractivity contribution in [2.75, 3.05) is 6.61 Å². The summed E-state index contributed by atoms with van der Waals surface area (Å²) in [7, 11) is 0. The summed E-state index contributed by atoms with van der Waals surface area (Å²) < 4.78 is 24.0. The monoisotopic (exact) mass is 331 g/mol. The molecular formula is C18H18FNO4. The van der Waals surface area contributed by atoms with Gasteiger partial charge in [0.25, 0.3) is 5.91 Å². The SMILES string of the molecule is C[C@H](NC(=O)COC(=O)c1ccc(-c2ccccc2F)o1)C1CC1. The second kappa shape index (κ2) is 6.86. The highest BCUT2D eigenvalue weighted by atomic mass is 19.1. The molecule has 0 saturated heterocycles. The third-order valence-corrected chi connectivity index (χ3v) is 4.00. The van der Waals surface area contributed by atoms with E-state index < -0.39 is 11.8 Å². The number of esters is 1. The normalized spacial score (nSPS) is 14.9. The molecule has 0 aliphatic heterocycles. The molecule has 1 atom stereocenters. The van der Waals surface area contributed by atoms with Gasteiger partial charge in [-0.05, 0) is 49.9 Å². The first-order valence-electron chi connectivity index (χ1n) is 7.86. The zero-order chi connectivity index (χ0) is 17.1. The van der Waals surface area contributed by atoms with Gasteiger partial charge in [-0.2, -0.15) is 0 Å². The summed E-state index contributed by atoms with van der Waals surface area (Å²) in [5.41, 5.74) is 0.257. The van der Waals surface area contributed by atoms with Crippen LogP contribution in [0.4, 0.5) is 4.39 Å². The lowest BCUT2D eigenvalue weighted by molar-refractivity contribution is -0.125. The molecule has 1 amide bonds. The van der Waals surface area contributed by atoms with E-state index in [1.165, 1.54) is 18.2 Å². The largest absolute Gasteiger partial charge is 0.450 e. The lowest BCUT2D eigenvalue weighted by atomic mass is 10.1. The number of ether oxygens (including phenoxy) is 1. The predicted molar refractivity (Wildman–Crippen MR) is 84.7 cm³/mol. The Kier molecular flexibility index (Phi) is 4.64. The highest BCUT2D eigenvalue weighted by Crippen LogP contribution is 2.32. The van der Waals surface area contributed by atoms with Gasteiger partial charge in [0.2, 0.25) is 5.76 Å². The van der Waals surface area contributed by atoms with E-state index in [1.807, 2.05) is 6.92 Å². The lowest BCUT2D eigenvalue weighted by Gasteiger charge is -2.12. The first-order chi connectivity index (χ1) is 11.5. The number of rotatable bonds is 6. The minimum Gasteiger partial charge on any atom is -0.450 e. The first kappa shape index (κ1) is 16.2. The van der Waals surface area contributed by atoms with E-state index in [0.29, 0.717) is 5.92 Å². The number of nitrogens with one attached hydrogen (secondary N) is 1. The van der Waals surface area contributed by atoms with E-state index in [4.69, 9.17) is 9.15 Å². The molecule has 0 radical (unpaired) electrons. The van der Waals surface area contributed by atoms with Crippen LogP contribution in [0.15, 0.2) is 40.8 Å². The van der Waals surface area contributed by atoms with Crippen molar-refractivity contribution in [2.45, 2.75) is 25.8 Å². The van der Waals surface area contributed by atoms with Crippen LogP contribution in [-0.4, -0.2) is 24.5 Å². The Bertz CT molecular complexity index is 751. The summed E-state index contributed by atoms with van der Waals surface area (Å²) in [6.07, 6.45) is 2.24. The number of benzene rings is 1. The Morgan fingerprint density at radius 2 is 2.04 bits per heavy atom. The highest BCUT2D eigenvalue weighted by Gasteiger charge is 2.29. The van der Waals surface area contributed by atoms with Gasteiger partial charge < -0.3 is 14.5 Å². The summed E-state index contributed by atoms with van der Waals surface area (Å²) in [4.78, 5) is 23.6. The number of carbonyl (C=O) groups is 2. The topological polar surface area (TPSA) is 68.5 Å². The Morgan fingerprint density at radius 1 is 1.29 bits per heavy atom. The molecular weight excluding hydrogens is 313 g/mol. The minimum absolute atomic E-state index is 0.0729. The van der Waals surface area contributed by atoms with E-state index >= 15 is 0 Å². The smallest absolute Gasteiger partial charge is 0.374 e.